The molecule has 0 amide bonds. The summed E-state index contributed by atoms with van der Waals surface area (Å²) in [5, 5.41) is 11.1. The van der Waals surface area contributed by atoms with Crippen molar-refractivity contribution < 1.29 is 14.5 Å². The van der Waals surface area contributed by atoms with E-state index in [2.05, 4.69) is 0 Å². The second-order valence-electron chi connectivity index (χ2n) is 4.91. The van der Waals surface area contributed by atoms with Gasteiger partial charge >= 0.3 is 0 Å². The molecule has 0 N–H and O–H groups in total. The average Bonchev–Trinajstić information content (AvgIpc) is 2.39. The van der Waals surface area contributed by atoms with Crippen LogP contribution in [-0.4, -0.2) is 16.5 Å². The third-order valence-electron chi connectivity index (χ3n) is 3.45. The highest BCUT2D eigenvalue weighted by atomic mass is 16.6. The number of para-hydroxylation sites is 1. The smallest absolute Gasteiger partial charge is 0.273 e. The van der Waals surface area contributed by atoms with Gasteiger partial charge < -0.3 is 0 Å². The number of nitrogens with zero attached hydrogens (tertiary/aromatic N) is 1. The summed E-state index contributed by atoms with van der Waals surface area (Å²) in [5.74, 6) is -1.56. The van der Waals surface area contributed by atoms with Gasteiger partial charge in [-0.2, -0.15) is 0 Å². The number of hydrogen-bond acceptors (Lipinski definition) is 4. The highest BCUT2D eigenvalue weighted by molar-refractivity contribution is 5.93. The zero-order chi connectivity index (χ0) is 15.3. The second-order valence-corrected chi connectivity index (χ2v) is 4.91. The Morgan fingerprint density at radius 2 is 1.90 bits per heavy atom. The Labute approximate surface area is 118 Å². The van der Waals surface area contributed by atoms with E-state index in [0.717, 1.165) is 0 Å². The number of Topliss-reactive ketones (excluding diaryl/α,β-unsaturated/α-hetero) is 2. The summed E-state index contributed by atoms with van der Waals surface area (Å²) in [4.78, 5) is 34.5. The normalized spacial score (nSPS) is 13.6. The predicted octanol–water partition coefficient (Wildman–Crippen LogP) is 3.27. The van der Waals surface area contributed by atoms with Crippen LogP contribution in [0.15, 0.2) is 24.3 Å². The molecule has 108 valence electrons. The molecule has 5 nitrogen and oxygen atoms in total. The first-order chi connectivity index (χ1) is 9.40. The largest absolute Gasteiger partial charge is 0.300 e. The molecule has 0 aromatic heterocycles. The first kappa shape index (κ1) is 16.0. The molecule has 20 heavy (non-hydrogen) atoms. The van der Waals surface area contributed by atoms with Gasteiger partial charge in [0, 0.05) is 24.0 Å². The maximum Gasteiger partial charge on any atom is 0.273 e. The molecule has 0 heterocycles. The Hall–Kier alpha value is -2.04. The van der Waals surface area contributed by atoms with Crippen LogP contribution < -0.4 is 0 Å². The van der Waals surface area contributed by atoms with Crippen molar-refractivity contribution in [2.45, 2.75) is 39.5 Å². The van der Waals surface area contributed by atoms with Crippen molar-refractivity contribution in [1.29, 1.82) is 0 Å². The summed E-state index contributed by atoms with van der Waals surface area (Å²) in [7, 11) is 0. The standard InChI is InChI=1S/C15H19NO4/c1-4-7-14(18)15(10(2)11(3)17)12-8-5-6-9-13(12)16(19)20/h5-6,8-10,15H,4,7H2,1-3H3. The highest BCUT2D eigenvalue weighted by Gasteiger charge is 2.33. The third-order valence-corrected chi connectivity index (χ3v) is 3.45. The van der Waals surface area contributed by atoms with Crippen molar-refractivity contribution in [3.63, 3.8) is 0 Å². The van der Waals surface area contributed by atoms with E-state index < -0.39 is 16.8 Å². The number of nitro groups is 1. The lowest BCUT2D eigenvalue weighted by Gasteiger charge is -2.21. The van der Waals surface area contributed by atoms with Gasteiger partial charge in [-0.1, -0.05) is 32.0 Å². The molecule has 1 aromatic rings. The van der Waals surface area contributed by atoms with Crippen LogP contribution >= 0.6 is 0 Å². The van der Waals surface area contributed by atoms with Crippen LogP contribution in [0.4, 0.5) is 5.69 Å². The quantitative estimate of drug-likeness (QED) is 0.566. The number of benzene rings is 1. The van der Waals surface area contributed by atoms with Crippen molar-refractivity contribution in [2.24, 2.45) is 5.92 Å². The molecule has 0 aliphatic carbocycles. The van der Waals surface area contributed by atoms with Crippen LogP contribution in [0.1, 0.15) is 45.1 Å². The predicted molar refractivity (Wildman–Crippen MR) is 75.6 cm³/mol. The van der Waals surface area contributed by atoms with E-state index in [1.807, 2.05) is 6.92 Å². The Kier molecular flexibility index (Phi) is 5.55. The van der Waals surface area contributed by atoms with E-state index in [4.69, 9.17) is 0 Å². The maximum absolute atomic E-state index is 12.3. The van der Waals surface area contributed by atoms with E-state index in [1.54, 1.807) is 25.1 Å². The van der Waals surface area contributed by atoms with Gasteiger partial charge in [0.2, 0.25) is 0 Å². The summed E-state index contributed by atoms with van der Waals surface area (Å²) < 4.78 is 0. The lowest BCUT2D eigenvalue weighted by atomic mass is 9.80. The summed E-state index contributed by atoms with van der Waals surface area (Å²) in [6.07, 6.45) is 0.967. The molecular weight excluding hydrogens is 258 g/mol. The fraction of sp³-hybridized carbons (Fsp3) is 0.467. The van der Waals surface area contributed by atoms with Gasteiger partial charge in [-0.15, -0.1) is 0 Å². The van der Waals surface area contributed by atoms with Gasteiger partial charge in [-0.05, 0) is 13.3 Å². The molecule has 0 radical (unpaired) electrons. The summed E-state index contributed by atoms with van der Waals surface area (Å²) >= 11 is 0. The summed E-state index contributed by atoms with van der Waals surface area (Å²) in [5.41, 5.74) is 0.230. The fourth-order valence-electron chi connectivity index (χ4n) is 2.28. The third kappa shape index (κ3) is 3.50. The lowest BCUT2D eigenvalue weighted by Crippen LogP contribution is -2.25. The number of nitro benzene ring substituents is 1. The first-order valence-electron chi connectivity index (χ1n) is 6.66. The molecule has 2 unspecified atom stereocenters. The molecule has 0 saturated heterocycles. The Morgan fingerprint density at radius 1 is 1.30 bits per heavy atom. The SMILES string of the molecule is CCCC(=O)C(c1ccccc1[N+](=O)[O-])C(C)C(C)=O. The van der Waals surface area contributed by atoms with Crippen LogP contribution in [0.3, 0.4) is 0 Å². The zero-order valence-electron chi connectivity index (χ0n) is 12.0. The molecule has 0 saturated carbocycles. The number of carbonyl (C=O) groups excluding carboxylic acids is 2. The molecule has 5 heteroatoms. The van der Waals surface area contributed by atoms with Crippen molar-refractivity contribution >= 4 is 17.3 Å². The topological polar surface area (TPSA) is 77.3 Å². The van der Waals surface area contributed by atoms with Gasteiger partial charge in [0.25, 0.3) is 5.69 Å². The van der Waals surface area contributed by atoms with Crippen molar-refractivity contribution in [2.75, 3.05) is 0 Å². The monoisotopic (exact) mass is 277 g/mol. The maximum atomic E-state index is 12.3. The van der Waals surface area contributed by atoms with Gasteiger partial charge in [-0.3, -0.25) is 19.7 Å². The number of carbonyl (C=O) groups is 2. The van der Waals surface area contributed by atoms with Gasteiger partial charge in [0.05, 0.1) is 10.8 Å². The van der Waals surface area contributed by atoms with Crippen LogP contribution in [-0.2, 0) is 9.59 Å². The Bertz CT molecular complexity index is 524. The van der Waals surface area contributed by atoms with E-state index >= 15 is 0 Å². The van der Waals surface area contributed by atoms with Crippen LogP contribution in [0.2, 0.25) is 0 Å². The molecular formula is C15H19NO4. The minimum atomic E-state index is -0.742. The van der Waals surface area contributed by atoms with E-state index in [1.165, 1.54) is 13.0 Å². The van der Waals surface area contributed by atoms with Gasteiger partial charge in [-0.25, -0.2) is 0 Å². The average molecular weight is 277 g/mol. The Morgan fingerprint density at radius 3 is 2.40 bits per heavy atom. The minimum absolute atomic E-state index is 0.102. The fourth-order valence-corrected chi connectivity index (χ4v) is 2.28. The minimum Gasteiger partial charge on any atom is -0.300 e. The number of rotatable bonds is 7. The molecule has 1 rings (SSSR count). The molecule has 1 aromatic carbocycles. The van der Waals surface area contributed by atoms with E-state index in [-0.39, 0.29) is 17.3 Å². The van der Waals surface area contributed by atoms with Crippen LogP contribution in [0.5, 0.6) is 0 Å². The van der Waals surface area contributed by atoms with Crippen molar-refractivity contribution in [3.8, 4) is 0 Å². The van der Waals surface area contributed by atoms with Crippen LogP contribution in [0.25, 0.3) is 0 Å². The molecule has 0 aliphatic heterocycles. The Balaban J connectivity index is 3.34. The van der Waals surface area contributed by atoms with Gasteiger partial charge in [0.1, 0.15) is 11.6 Å². The van der Waals surface area contributed by atoms with Crippen LogP contribution in [0, 0.1) is 16.0 Å². The molecule has 2 atom stereocenters. The van der Waals surface area contributed by atoms with E-state index in [9.17, 15) is 19.7 Å². The first-order valence-corrected chi connectivity index (χ1v) is 6.66. The summed E-state index contributed by atoms with van der Waals surface area (Å²) in [6, 6.07) is 6.15. The zero-order valence-corrected chi connectivity index (χ0v) is 12.0. The number of hydrogen-bond donors (Lipinski definition) is 0. The highest BCUT2D eigenvalue weighted by Crippen LogP contribution is 2.34. The molecule has 0 fully saturated rings. The van der Waals surface area contributed by atoms with E-state index in [0.29, 0.717) is 18.4 Å². The molecule has 0 spiro atoms. The van der Waals surface area contributed by atoms with Crippen molar-refractivity contribution in [3.05, 3.63) is 39.9 Å². The molecule has 0 bridgehead atoms. The number of ketones is 2. The second kappa shape index (κ2) is 6.93. The summed E-state index contributed by atoms with van der Waals surface area (Å²) in [6.45, 7) is 4.93. The van der Waals surface area contributed by atoms with Crippen molar-refractivity contribution in [1.82, 2.24) is 0 Å². The lowest BCUT2D eigenvalue weighted by molar-refractivity contribution is -0.385. The molecule has 0 aliphatic rings. The van der Waals surface area contributed by atoms with Gasteiger partial charge in [0.15, 0.2) is 0 Å².